The molecule has 3 aromatic rings. The van der Waals surface area contributed by atoms with Gasteiger partial charge in [-0.3, -0.25) is 14.6 Å². The second-order valence-corrected chi connectivity index (χ2v) is 8.34. The quantitative estimate of drug-likeness (QED) is 0.516. The number of carbonyl (C=O) groups excluding carboxylic acids is 1. The summed E-state index contributed by atoms with van der Waals surface area (Å²) in [7, 11) is 0. The number of para-hydroxylation sites is 1. The van der Waals surface area contributed by atoms with E-state index >= 15 is 0 Å². The minimum atomic E-state index is -0.827. The van der Waals surface area contributed by atoms with E-state index in [-0.39, 0.29) is 17.7 Å². The molecule has 4 rings (SSSR count). The van der Waals surface area contributed by atoms with Crippen molar-refractivity contribution in [2.75, 3.05) is 31.5 Å². The van der Waals surface area contributed by atoms with Gasteiger partial charge >= 0.3 is 0 Å². The molecule has 0 aliphatic carbocycles. The van der Waals surface area contributed by atoms with Crippen LogP contribution < -0.4 is 5.32 Å². The summed E-state index contributed by atoms with van der Waals surface area (Å²) in [6.07, 6.45) is 0. The van der Waals surface area contributed by atoms with Crippen molar-refractivity contribution in [1.82, 2.24) is 9.80 Å². The van der Waals surface area contributed by atoms with Crippen molar-refractivity contribution < 1.29 is 22.4 Å². The Morgan fingerprint density at radius 1 is 0.735 bits per heavy atom. The van der Waals surface area contributed by atoms with Crippen molar-refractivity contribution in [1.29, 1.82) is 0 Å². The second-order valence-electron chi connectivity index (χ2n) is 8.34. The molecule has 0 aromatic heterocycles. The summed E-state index contributed by atoms with van der Waals surface area (Å²) < 4.78 is 54.8. The smallest absolute Gasteiger partial charge is 0.241 e. The normalized spacial score (nSPS) is 15.9. The number of nitrogens with zero attached hydrogens (tertiary/aromatic N) is 2. The van der Waals surface area contributed by atoms with Gasteiger partial charge in [0, 0.05) is 26.2 Å². The van der Waals surface area contributed by atoms with Crippen LogP contribution in [0, 0.1) is 23.3 Å². The summed E-state index contributed by atoms with van der Waals surface area (Å²) in [5, 5.41) is 2.36. The van der Waals surface area contributed by atoms with E-state index in [1.807, 2.05) is 4.90 Å². The minimum absolute atomic E-state index is 0.208. The minimum Gasteiger partial charge on any atom is -0.320 e. The lowest BCUT2D eigenvalue weighted by atomic mass is 9.96. The van der Waals surface area contributed by atoms with Gasteiger partial charge < -0.3 is 5.32 Å². The van der Waals surface area contributed by atoms with Crippen molar-refractivity contribution >= 4 is 11.6 Å². The lowest BCUT2D eigenvalue weighted by Gasteiger charge is -2.41. The predicted octanol–water partition coefficient (Wildman–Crippen LogP) is 4.98. The second kappa shape index (κ2) is 10.4. The van der Waals surface area contributed by atoms with Gasteiger partial charge in [0.05, 0.1) is 12.1 Å². The first-order chi connectivity index (χ1) is 16.3. The van der Waals surface area contributed by atoms with E-state index < -0.39 is 29.3 Å². The molecular formula is C26H25F4N3O. The third-order valence-corrected chi connectivity index (χ3v) is 6.22. The van der Waals surface area contributed by atoms with Crippen LogP contribution in [-0.2, 0) is 4.79 Å². The monoisotopic (exact) mass is 471 g/mol. The van der Waals surface area contributed by atoms with Crippen LogP contribution in [0.25, 0.3) is 0 Å². The highest BCUT2D eigenvalue weighted by Gasteiger charge is 2.30. The van der Waals surface area contributed by atoms with Crippen molar-refractivity contribution in [2.45, 2.75) is 19.0 Å². The van der Waals surface area contributed by atoms with Crippen LogP contribution in [0.1, 0.15) is 24.1 Å². The molecule has 178 valence electrons. The molecule has 0 saturated carbocycles. The molecule has 1 aliphatic heterocycles. The third-order valence-electron chi connectivity index (χ3n) is 6.22. The molecule has 3 aromatic carbocycles. The van der Waals surface area contributed by atoms with Crippen LogP contribution in [0.3, 0.4) is 0 Å². The van der Waals surface area contributed by atoms with Gasteiger partial charge in [0.25, 0.3) is 0 Å². The number of piperazine rings is 1. The number of halogens is 4. The van der Waals surface area contributed by atoms with Gasteiger partial charge in [-0.15, -0.1) is 0 Å². The zero-order chi connectivity index (χ0) is 24.2. The molecule has 1 unspecified atom stereocenters. The predicted molar refractivity (Wildman–Crippen MR) is 122 cm³/mol. The summed E-state index contributed by atoms with van der Waals surface area (Å²) >= 11 is 0. The fraction of sp³-hybridized carbons (Fsp3) is 0.269. The molecule has 34 heavy (non-hydrogen) atoms. The molecule has 1 aliphatic rings. The number of amides is 1. The lowest BCUT2D eigenvalue weighted by Crippen LogP contribution is -2.53. The highest BCUT2D eigenvalue weighted by molar-refractivity contribution is 5.94. The van der Waals surface area contributed by atoms with Crippen molar-refractivity contribution in [3.05, 3.63) is 101 Å². The van der Waals surface area contributed by atoms with E-state index in [0.717, 1.165) is 23.3 Å². The van der Waals surface area contributed by atoms with E-state index in [9.17, 15) is 22.4 Å². The van der Waals surface area contributed by atoms with Crippen LogP contribution in [-0.4, -0.2) is 47.9 Å². The first-order valence-electron chi connectivity index (χ1n) is 11.1. The van der Waals surface area contributed by atoms with Crippen LogP contribution >= 0.6 is 0 Å². The largest absolute Gasteiger partial charge is 0.320 e. The fourth-order valence-electron chi connectivity index (χ4n) is 4.30. The van der Waals surface area contributed by atoms with E-state index in [2.05, 4.69) is 10.2 Å². The molecule has 0 bridgehead atoms. The summed E-state index contributed by atoms with van der Waals surface area (Å²) in [6, 6.07) is 15.1. The van der Waals surface area contributed by atoms with E-state index in [0.29, 0.717) is 26.2 Å². The Morgan fingerprint density at radius 3 is 1.65 bits per heavy atom. The zero-order valence-electron chi connectivity index (χ0n) is 18.6. The Balaban J connectivity index is 1.46. The Bertz CT molecular complexity index is 1060. The SMILES string of the molecule is CC(C(=O)Nc1c(F)cccc1F)N1CCN(C(c2ccc(F)cc2)c2ccc(F)cc2)CC1. The maximum atomic E-state index is 13.9. The van der Waals surface area contributed by atoms with Gasteiger partial charge in [-0.1, -0.05) is 30.3 Å². The molecule has 1 fully saturated rings. The van der Waals surface area contributed by atoms with Crippen molar-refractivity contribution in [3.8, 4) is 0 Å². The average Bonchev–Trinajstić information content (AvgIpc) is 2.84. The maximum absolute atomic E-state index is 13.9. The van der Waals surface area contributed by atoms with Gasteiger partial charge in [0.1, 0.15) is 29.0 Å². The van der Waals surface area contributed by atoms with Gasteiger partial charge in [-0.25, -0.2) is 17.6 Å². The summed E-state index contributed by atoms with van der Waals surface area (Å²) in [6.45, 7) is 3.94. The first-order valence-corrected chi connectivity index (χ1v) is 11.1. The molecule has 0 radical (unpaired) electrons. The number of carbonyl (C=O) groups is 1. The van der Waals surface area contributed by atoms with E-state index in [1.165, 1.54) is 30.3 Å². The molecular weight excluding hydrogens is 446 g/mol. The Morgan fingerprint density at radius 2 is 1.18 bits per heavy atom. The molecule has 4 nitrogen and oxygen atoms in total. The van der Waals surface area contributed by atoms with Gasteiger partial charge in [-0.05, 0) is 54.4 Å². The number of hydrogen-bond donors (Lipinski definition) is 1. The topological polar surface area (TPSA) is 35.6 Å². The number of hydrogen-bond acceptors (Lipinski definition) is 3. The number of benzene rings is 3. The highest BCUT2D eigenvalue weighted by Crippen LogP contribution is 2.30. The highest BCUT2D eigenvalue weighted by atomic mass is 19.1. The molecule has 1 amide bonds. The molecule has 1 saturated heterocycles. The number of anilines is 1. The Labute approximate surface area is 195 Å². The van der Waals surface area contributed by atoms with Gasteiger partial charge in [-0.2, -0.15) is 0 Å². The molecule has 1 N–H and O–H groups in total. The van der Waals surface area contributed by atoms with Crippen LogP contribution in [0.2, 0.25) is 0 Å². The van der Waals surface area contributed by atoms with E-state index in [1.54, 1.807) is 31.2 Å². The molecule has 1 heterocycles. The molecule has 0 spiro atoms. The maximum Gasteiger partial charge on any atom is 0.241 e. The van der Waals surface area contributed by atoms with Crippen molar-refractivity contribution in [3.63, 3.8) is 0 Å². The first kappa shape index (κ1) is 23.9. The number of nitrogens with one attached hydrogen (secondary N) is 1. The average molecular weight is 471 g/mol. The third kappa shape index (κ3) is 5.29. The van der Waals surface area contributed by atoms with Gasteiger partial charge in [0.2, 0.25) is 5.91 Å². The van der Waals surface area contributed by atoms with Crippen LogP contribution in [0.5, 0.6) is 0 Å². The zero-order valence-corrected chi connectivity index (χ0v) is 18.6. The summed E-state index contributed by atoms with van der Waals surface area (Å²) in [4.78, 5) is 16.8. The Kier molecular flexibility index (Phi) is 7.29. The molecule has 1 atom stereocenters. The summed E-state index contributed by atoms with van der Waals surface area (Å²) in [5.74, 6) is -2.82. The standard InChI is InChI=1S/C26H25F4N3O/c1-17(26(34)31-24-22(29)3-2-4-23(24)30)32-13-15-33(16-14-32)25(18-5-9-20(27)10-6-18)19-7-11-21(28)12-8-19/h2-12,17,25H,13-16H2,1H3,(H,31,34). The number of rotatable bonds is 6. The lowest BCUT2D eigenvalue weighted by molar-refractivity contribution is -0.121. The van der Waals surface area contributed by atoms with E-state index in [4.69, 9.17) is 0 Å². The molecule has 8 heteroatoms. The fourth-order valence-corrected chi connectivity index (χ4v) is 4.30. The van der Waals surface area contributed by atoms with Gasteiger partial charge in [0.15, 0.2) is 0 Å². The van der Waals surface area contributed by atoms with Crippen LogP contribution in [0.15, 0.2) is 66.7 Å². The summed E-state index contributed by atoms with van der Waals surface area (Å²) in [5.41, 5.74) is 1.30. The van der Waals surface area contributed by atoms with Crippen molar-refractivity contribution in [2.24, 2.45) is 0 Å². The van der Waals surface area contributed by atoms with Crippen LogP contribution in [0.4, 0.5) is 23.2 Å². The Hall–Kier alpha value is -3.23.